The summed E-state index contributed by atoms with van der Waals surface area (Å²) in [6.45, 7) is 4.24. The van der Waals surface area contributed by atoms with Crippen molar-refractivity contribution in [1.29, 1.82) is 0 Å². The zero-order valence-corrected chi connectivity index (χ0v) is 15.9. The first kappa shape index (κ1) is 18.1. The number of hydrogen-bond acceptors (Lipinski definition) is 6. The molecule has 27 heavy (non-hydrogen) atoms. The van der Waals surface area contributed by atoms with Crippen LogP contribution in [0, 0.1) is 12.7 Å². The smallest absolute Gasteiger partial charge is 0.307 e. The molecule has 1 aromatic carbocycles. The number of nitrogens with zero attached hydrogens (tertiary/aromatic N) is 4. The zero-order valence-electron chi connectivity index (χ0n) is 15.1. The molecule has 1 aliphatic rings. The van der Waals surface area contributed by atoms with Crippen molar-refractivity contribution in [1.82, 2.24) is 19.7 Å². The van der Waals surface area contributed by atoms with Crippen LogP contribution in [0.3, 0.4) is 0 Å². The normalized spacial score (nSPS) is 18.1. The Morgan fingerprint density at radius 2 is 2.11 bits per heavy atom. The van der Waals surface area contributed by atoms with E-state index in [4.69, 9.17) is 4.42 Å². The molecule has 1 saturated heterocycles. The van der Waals surface area contributed by atoms with Gasteiger partial charge in [0.05, 0.1) is 11.6 Å². The van der Waals surface area contributed by atoms with Crippen molar-refractivity contribution in [3.8, 4) is 11.5 Å². The molecule has 0 radical (unpaired) electrons. The fraction of sp³-hybridized carbons (Fsp3) is 0.421. The fourth-order valence-corrected chi connectivity index (χ4v) is 4.32. The molecule has 0 bridgehead atoms. The molecule has 1 unspecified atom stereocenters. The molecule has 142 valence electrons. The zero-order chi connectivity index (χ0) is 18.8. The largest absolute Gasteiger partial charge is 0.419 e. The molecule has 0 aliphatic carbocycles. The Bertz CT molecular complexity index is 980. The van der Waals surface area contributed by atoms with Crippen molar-refractivity contribution >= 4 is 11.3 Å². The molecule has 1 aliphatic heterocycles. The molecule has 4 rings (SSSR count). The van der Waals surface area contributed by atoms with Gasteiger partial charge >= 0.3 is 4.87 Å². The molecular formula is C19H21FN4O2S. The maximum Gasteiger partial charge on any atom is 0.307 e. The van der Waals surface area contributed by atoms with E-state index in [2.05, 4.69) is 15.1 Å². The van der Waals surface area contributed by atoms with Crippen LogP contribution in [0.5, 0.6) is 0 Å². The fourth-order valence-electron chi connectivity index (χ4n) is 3.55. The Morgan fingerprint density at radius 3 is 2.89 bits per heavy atom. The summed E-state index contributed by atoms with van der Waals surface area (Å²) in [4.78, 5) is 14.3. The second kappa shape index (κ2) is 7.74. The van der Waals surface area contributed by atoms with Crippen molar-refractivity contribution < 1.29 is 8.81 Å². The van der Waals surface area contributed by atoms with Crippen LogP contribution in [0.15, 0.2) is 38.9 Å². The topological polar surface area (TPSA) is 64.2 Å². The van der Waals surface area contributed by atoms with Gasteiger partial charge in [0.1, 0.15) is 5.82 Å². The van der Waals surface area contributed by atoms with Crippen LogP contribution >= 0.6 is 11.3 Å². The van der Waals surface area contributed by atoms with Crippen LogP contribution in [0.25, 0.3) is 11.5 Å². The van der Waals surface area contributed by atoms with Crippen LogP contribution in [-0.2, 0) is 6.54 Å². The van der Waals surface area contributed by atoms with Gasteiger partial charge in [-0.1, -0.05) is 29.9 Å². The first-order valence-corrected chi connectivity index (χ1v) is 9.99. The Balaban J connectivity index is 1.53. The summed E-state index contributed by atoms with van der Waals surface area (Å²) < 4.78 is 21.6. The second-order valence-corrected chi connectivity index (χ2v) is 7.59. The van der Waals surface area contributed by atoms with E-state index >= 15 is 0 Å². The van der Waals surface area contributed by atoms with Gasteiger partial charge in [-0.2, -0.15) is 0 Å². The van der Waals surface area contributed by atoms with E-state index in [1.165, 1.54) is 17.4 Å². The highest BCUT2D eigenvalue weighted by molar-refractivity contribution is 7.07. The number of benzene rings is 1. The highest BCUT2D eigenvalue weighted by Crippen LogP contribution is 2.32. The molecule has 0 saturated carbocycles. The van der Waals surface area contributed by atoms with Crippen molar-refractivity contribution in [3.63, 3.8) is 0 Å². The number of halogens is 1. The average molecular weight is 388 g/mol. The Hall–Kier alpha value is -2.32. The molecule has 0 N–H and O–H groups in total. The lowest BCUT2D eigenvalue weighted by Gasteiger charge is -2.33. The van der Waals surface area contributed by atoms with Crippen LogP contribution in [0.2, 0.25) is 0 Å². The predicted molar refractivity (Wildman–Crippen MR) is 101 cm³/mol. The van der Waals surface area contributed by atoms with Gasteiger partial charge in [-0.25, -0.2) is 4.39 Å². The summed E-state index contributed by atoms with van der Waals surface area (Å²) in [6.07, 6.45) is 3.09. The molecule has 3 aromatic rings. The maximum absolute atomic E-state index is 14.0. The van der Waals surface area contributed by atoms with E-state index < -0.39 is 0 Å². The van der Waals surface area contributed by atoms with Gasteiger partial charge in [-0.15, -0.1) is 10.2 Å². The third-order valence-corrected chi connectivity index (χ3v) is 5.91. The number of aryl methyl sites for hydroxylation is 1. The summed E-state index contributed by atoms with van der Waals surface area (Å²) >= 11 is 1.23. The van der Waals surface area contributed by atoms with Gasteiger partial charge < -0.3 is 8.98 Å². The van der Waals surface area contributed by atoms with Gasteiger partial charge in [-0.05, 0) is 38.4 Å². The summed E-state index contributed by atoms with van der Waals surface area (Å²) in [5, 5.41) is 10.1. The molecule has 0 amide bonds. The highest BCUT2D eigenvalue weighted by atomic mass is 32.1. The number of thiazole rings is 1. The van der Waals surface area contributed by atoms with Gasteiger partial charge in [0, 0.05) is 24.2 Å². The van der Waals surface area contributed by atoms with E-state index in [0.717, 1.165) is 38.0 Å². The minimum absolute atomic E-state index is 0.00131. The lowest BCUT2D eigenvalue weighted by Crippen LogP contribution is -2.37. The first-order valence-electron chi connectivity index (χ1n) is 9.11. The van der Waals surface area contributed by atoms with Crippen molar-refractivity contribution in [2.75, 3.05) is 13.1 Å². The molecule has 0 spiro atoms. The quantitative estimate of drug-likeness (QED) is 0.668. The average Bonchev–Trinajstić information content (AvgIpc) is 3.28. The number of piperidine rings is 1. The number of hydrogen-bond donors (Lipinski definition) is 0. The summed E-state index contributed by atoms with van der Waals surface area (Å²) in [5.41, 5.74) is 1.30. The summed E-state index contributed by atoms with van der Waals surface area (Å²) in [6, 6.07) is 6.40. The monoisotopic (exact) mass is 388 g/mol. The lowest BCUT2D eigenvalue weighted by atomic mass is 10.0. The van der Waals surface area contributed by atoms with Crippen LogP contribution in [-0.4, -0.2) is 32.8 Å². The standard InChI is InChI=1S/C19H21FN4O2S/c1-13-12-27-19(25)24(13)11-10-23-9-5-4-8-16(23)18-22-21-17(26-18)14-6-2-3-7-15(14)20/h2-3,6-7,12,16H,4-5,8-11H2,1H3. The maximum atomic E-state index is 14.0. The van der Waals surface area contributed by atoms with Crippen LogP contribution in [0.4, 0.5) is 4.39 Å². The minimum atomic E-state index is -0.375. The molecule has 8 heteroatoms. The van der Waals surface area contributed by atoms with E-state index in [1.807, 2.05) is 12.3 Å². The summed E-state index contributed by atoms with van der Waals surface area (Å²) in [5.74, 6) is 0.348. The van der Waals surface area contributed by atoms with Crippen LogP contribution in [0.1, 0.15) is 36.9 Å². The molecule has 3 heterocycles. The Kier molecular flexibility index (Phi) is 5.18. The van der Waals surface area contributed by atoms with Gasteiger partial charge in [0.15, 0.2) is 0 Å². The van der Waals surface area contributed by atoms with E-state index in [-0.39, 0.29) is 22.6 Å². The Morgan fingerprint density at radius 1 is 1.26 bits per heavy atom. The number of aromatic nitrogens is 3. The molecule has 1 fully saturated rings. The van der Waals surface area contributed by atoms with Crippen LogP contribution < -0.4 is 4.87 Å². The summed E-state index contributed by atoms with van der Waals surface area (Å²) in [7, 11) is 0. The highest BCUT2D eigenvalue weighted by Gasteiger charge is 2.29. The molecular weight excluding hydrogens is 367 g/mol. The molecule has 2 aromatic heterocycles. The van der Waals surface area contributed by atoms with E-state index in [0.29, 0.717) is 18.0 Å². The Labute approximate surface area is 160 Å². The number of likely N-dealkylation sites (tertiary alicyclic amines) is 1. The van der Waals surface area contributed by atoms with E-state index in [9.17, 15) is 9.18 Å². The van der Waals surface area contributed by atoms with Gasteiger partial charge in [0.2, 0.25) is 5.89 Å². The van der Waals surface area contributed by atoms with Gasteiger partial charge in [-0.3, -0.25) is 9.69 Å². The minimum Gasteiger partial charge on any atom is -0.419 e. The molecule has 1 atom stereocenters. The SMILES string of the molecule is Cc1csc(=O)n1CCN1CCCCC1c1nnc(-c2ccccc2F)o1. The van der Waals surface area contributed by atoms with Gasteiger partial charge in [0.25, 0.3) is 5.89 Å². The van der Waals surface area contributed by atoms with Crippen molar-refractivity contribution in [3.05, 3.63) is 56.7 Å². The predicted octanol–water partition coefficient (Wildman–Crippen LogP) is 3.63. The van der Waals surface area contributed by atoms with Crippen molar-refractivity contribution in [2.24, 2.45) is 0 Å². The lowest BCUT2D eigenvalue weighted by molar-refractivity contribution is 0.121. The number of rotatable bonds is 5. The second-order valence-electron chi connectivity index (χ2n) is 6.77. The molecule has 6 nitrogen and oxygen atoms in total. The first-order chi connectivity index (χ1) is 13.1. The third kappa shape index (κ3) is 3.72. The van der Waals surface area contributed by atoms with Crippen molar-refractivity contribution in [2.45, 2.75) is 38.8 Å². The van der Waals surface area contributed by atoms with E-state index in [1.54, 1.807) is 22.8 Å². The third-order valence-electron chi connectivity index (χ3n) is 5.03.